The second-order valence-corrected chi connectivity index (χ2v) is 6.45. The molecule has 0 aromatic heterocycles. The third-order valence-electron chi connectivity index (χ3n) is 4.15. The van der Waals surface area contributed by atoms with Crippen LogP contribution in [0.15, 0.2) is 48.5 Å². The van der Waals surface area contributed by atoms with Crippen LogP contribution in [0.25, 0.3) is 0 Å². The standard InChI is InChI=1S/C20H24ClN3O3/c1-4-24(13-19(25)22-16-8-10-18(27-3)11-9-16)14(2)20(26)23-17-7-5-6-15(21)12-17/h5-12,14H,4,13H2,1-3H3,(H,22,25)(H,23,26). The number of ether oxygens (including phenoxy) is 1. The third kappa shape index (κ3) is 6.27. The SMILES string of the molecule is CCN(CC(=O)Nc1ccc(OC)cc1)C(C)C(=O)Nc1cccc(Cl)c1. The molecule has 7 heteroatoms. The van der Waals surface area contributed by atoms with Gasteiger partial charge >= 0.3 is 0 Å². The van der Waals surface area contributed by atoms with Crippen molar-refractivity contribution in [1.82, 2.24) is 4.90 Å². The van der Waals surface area contributed by atoms with Gasteiger partial charge in [0.1, 0.15) is 5.75 Å². The zero-order valence-corrected chi connectivity index (χ0v) is 16.4. The second-order valence-electron chi connectivity index (χ2n) is 6.02. The number of amides is 2. The number of hydrogen-bond donors (Lipinski definition) is 2. The van der Waals surface area contributed by atoms with Crippen molar-refractivity contribution in [1.29, 1.82) is 0 Å². The van der Waals surface area contributed by atoms with E-state index in [2.05, 4.69) is 10.6 Å². The van der Waals surface area contributed by atoms with Gasteiger partial charge in [-0.1, -0.05) is 24.6 Å². The summed E-state index contributed by atoms with van der Waals surface area (Å²) >= 11 is 5.94. The molecule has 0 radical (unpaired) electrons. The van der Waals surface area contributed by atoms with E-state index in [1.165, 1.54) is 0 Å². The van der Waals surface area contributed by atoms with Gasteiger partial charge in [0, 0.05) is 16.4 Å². The van der Waals surface area contributed by atoms with Crippen molar-refractivity contribution in [3.8, 4) is 5.75 Å². The molecular formula is C20H24ClN3O3. The first-order chi connectivity index (χ1) is 12.9. The van der Waals surface area contributed by atoms with Crippen molar-refractivity contribution in [2.45, 2.75) is 19.9 Å². The molecule has 1 atom stereocenters. The molecule has 6 nitrogen and oxygen atoms in total. The summed E-state index contributed by atoms with van der Waals surface area (Å²) in [4.78, 5) is 26.6. The Morgan fingerprint density at radius 1 is 1.11 bits per heavy atom. The Hall–Kier alpha value is -2.57. The average Bonchev–Trinajstić information content (AvgIpc) is 2.66. The topological polar surface area (TPSA) is 70.7 Å². The number of carbonyl (C=O) groups is 2. The van der Waals surface area contributed by atoms with Gasteiger partial charge in [0.2, 0.25) is 11.8 Å². The van der Waals surface area contributed by atoms with Gasteiger partial charge < -0.3 is 15.4 Å². The summed E-state index contributed by atoms with van der Waals surface area (Å²) < 4.78 is 5.10. The van der Waals surface area contributed by atoms with Crippen molar-refractivity contribution in [2.24, 2.45) is 0 Å². The van der Waals surface area contributed by atoms with Crippen LogP contribution in [0, 0.1) is 0 Å². The Kier molecular flexibility index (Phi) is 7.64. The van der Waals surface area contributed by atoms with Crippen LogP contribution in [-0.4, -0.2) is 43.0 Å². The highest BCUT2D eigenvalue weighted by molar-refractivity contribution is 6.30. The van der Waals surface area contributed by atoms with E-state index in [9.17, 15) is 9.59 Å². The number of methoxy groups -OCH3 is 1. The molecule has 0 aliphatic carbocycles. The smallest absolute Gasteiger partial charge is 0.241 e. The van der Waals surface area contributed by atoms with E-state index < -0.39 is 6.04 Å². The van der Waals surface area contributed by atoms with Crippen molar-refractivity contribution in [3.63, 3.8) is 0 Å². The average molecular weight is 390 g/mol. The maximum absolute atomic E-state index is 12.5. The van der Waals surface area contributed by atoms with Crippen LogP contribution in [-0.2, 0) is 9.59 Å². The normalized spacial score (nSPS) is 11.7. The van der Waals surface area contributed by atoms with Crippen LogP contribution in [0.2, 0.25) is 5.02 Å². The second kappa shape index (κ2) is 9.94. The molecule has 144 valence electrons. The van der Waals surface area contributed by atoms with Crippen LogP contribution in [0.4, 0.5) is 11.4 Å². The number of nitrogens with zero attached hydrogens (tertiary/aromatic N) is 1. The molecule has 2 aromatic carbocycles. The highest BCUT2D eigenvalue weighted by atomic mass is 35.5. The Labute approximate surface area is 164 Å². The number of hydrogen-bond acceptors (Lipinski definition) is 4. The van der Waals surface area contributed by atoms with Crippen molar-refractivity contribution in [3.05, 3.63) is 53.6 Å². The van der Waals surface area contributed by atoms with E-state index in [0.717, 1.165) is 5.75 Å². The lowest BCUT2D eigenvalue weighted by atomic mass is 10.2. The van der Waals surface area contributed by atoms with Crippen LogP contribution < -0.4 is 15.4 Å². The molecule has 0 aliphatic rings. The van der Waals surface area contributed by atoms with Crippen molar-refractivity contribution in [2.75, 3.05) is 30.8 Å². The first-order valence-electron chi connectivity index (χ1n) is 8.67. The number of anilines is 2. The summed E-state index contributed by atoms with van der Waals surface area (Å²) in [7, 11) is 1.59. The van der Waals surface area contributed by atoms with E-state index in [0.29, 0.717) is 22.9 Å². The Balaban J connectivity index is 1.93. The summed E-state index contributed by atoms with van der Waals surface area (Å²) in [5, 5.41) is 6.19. The Morgan fingerprint density at radius 3 is 2.41 bits per heavy atom. The summed E-state index contributed by atoms with van der Waals surface area (Å²) in [5.74, 6) is 0.329. The molecule has 0 bridgehead atoms. The van der Waals surface area contributed by atoms with Gasteiger partial charge in [-0.25, -0.2) is 0 Å². The fraction of sp³-hybridized carbons (Fsp3) is 0.300. The van der Waals surface area contributed by atoms with Gasteiger partial charge in [0.25, 0.3) is 0 Å². The fourth-order valence-corrected chi connectivity index (χ4v) is 2.75. The van der Waals surface area contributed by atoms with Crippen LogP contribution in [0.3, 0.4) is 0 Å². The molecule has 0 fully saturated rings. The molecule has 0 saturated heterocycles. The summed E-state index contributed by atoms with van der Waals surface area (Å²) in [6, 6.07) is 13.6. The number of benzene rings is 2. The van der Waals surface area contributed by atoms with Crippen LogP contribution in [0.1, 0.15) is 13.8 Å². The number of halogens is 1. The fourth-order valence-electron chi connectivity index (χ4n) is 2.56. The zero-order valence-electron chi connectivity index (χ0n) is 15.7. The minimum Gasteiger partial charge on any atom is -0.497 e. The number of carbonyl (C=O) groups excluding carboxylic acids is 2. The van der Waals surface area contributed by atoms with Crippen LogP contribution in [0.5, 0.6) is 5.75 Å². The molecule has 2 rings (SSSR count). The Morgan fingerprint density at radius 2 is 1.81 bits per heavy atom. The van der Waals surface area contributed by atoms with Gasteiger partial charge in [-0.15, -0.1) is 0 Å². The zero-order chi connectivity index (χ0) is 19.8. The largest absolute Gasteiger partial charge is 0.497 e. The van der Waals surface area contributed by atoms with E-state index in [1.807, 2.05) is 6.92 Å². The van der Waals surface area contributed by atoms with Gasteiger partial charge in [-0.3, -0.25) is 14.5 Å². The molecule has 27 heavy (non-hydrogen) atoms. The first-order valence-corrected chi connectivity index (χ1v) is 9.05. The predicted octanol–water partition coefficient (Wildman–Crippen LogP) is 3.64. The molecule has 2 amide bonds. The number of nitrogens with one attached hydrogen (secondary N) is 2. The molecule has 2 aromatic rings. The molecular weight excluding hydrogens is 366 g/mol. The highest BCUT2D eigenvalue weighted by Gasteiger charge is 2.22. The predicted molar refractivity (Wildman–Crippen MR) is 108 cm³/mol. The van der Waals surface area contributed by atoms with E-state index in [-0.39, 0.29) is 18.4 Å². The maximum Gasteiger partial charge on any atom is 0.241 e. The Bertz CT molecular complexity index is 780. The van der Waals surface area contributed by atoms with E-state index in [1.54, 1.807) is 67.5 Å². The minimum absolute atomic E-state index is 0.104. The van der Waals surface area contributed by atoms with Gasteiger partial charge in [0.15, 0.2) is 0 Å². The molecule has 1 unspecified atom stereocenters. The lowest BCUT2D eigenvalue weighted by Gasteiger charge is -2.26. The van der Waals surface area contributed by atoms with Crippen LogP contribution >= 0.6 is 11.6 Å². The quantitative estimate of drug-likeness (QED) is 0.723. The lowest BCUT2D eigenvalue weighted by Crippen LogP contribution is -2.45. The summed E-state index contributed by atoms with van der Waals surface area (Å²) in [6.45, 7) is 4.33. The molecule has 0 spiro atoms. The van der Waals surface area contributed by atoms with Gasteiger partial charge in [-0.05, 0) is 55.9 Å². The summed E-state index contributed by atoms with van der Waals surface area (Å²) in [5.41, 5.74) is 1.30. The molecule has 0 saturated carbocycles. The highest BCUT2D eigenvalue weighted by Crippen LogP contribution is 2.16. The van der Waals surface area contributed by atoms with E-state index in [4.69, 9.17) is 16.3 Å². The number of likely N-dealkylation sites (N-methyl/N-ethyl adjacent to an activating group) is 1. The molecule has 0 heterocycles. The summed E-state index contributed by atoms with van der Waals surface area (Å²) in [6.07, 6.45) is 0. The minimum atomic E-state index is -0.476. The van der Waals surface area contributed by atoms with E-state index >= 15 is 0 Å². The van der Waals surface area contributed by atoms with Crippen molar-refractivity contribution < 1.29 is 14.3 Å². The van der Waals surface area contributed by atoms with Gasteiger partial charge in [-0.2, -0.15) is 0 Å². The molecule has 0 aliphatic heterocycles. The first kappa shape index (κ1) is 20.7. The molecule has 2 N–H and O–H groups in total. The maximum atomic E-state index is 12.5. The lowest BCUT2D eigenvalue weighted by molar-refractivity contribution is -0.123. The monoisotopic (exact) mass is 389 g/mol. The van der Waals surface area contributed by atoms with Crippen molar-refractivity contribution >= 4 is 34.8 Å². The van der Waals surface area contributed by atoms with Gasteiger partial charge in [0.05, 0.1) is 19.7 Å². The number of rotatable bonds is 8. The third-order valence-corrected chi connectivity index (χ3v) is 4.38.